The van der Waals surface area contributed by atoms with Crippen LogP contribution < -0.4 is 20.6 Å². The maximum atomic E-state index is 11.6. The van der Waals surface area contributed by atoms with E-state index in [2.05, 4.69) is 20.6 Å². The van der Waals surface area contributed by atoms with Gasteiger partial charge in [0.25, 0.3) is 11.8 Å². The Balaban J connectivity index is 1.93. The summed E-state index contributed by atoms with van der Waals surface area (Å²) in [7, 11) is 1.47. The number of carbonyl (C=O) groups is 2. The van der Waals surface area contributed by atoms with Crippen LogP contribution in [0.2, 0.25) is 0 Å². The van der Waals surface area contributed by atoms with Gasteiger partial charge < -0.3 is 15.2 Å². The van der Waals surface area contributed by atoms with Crippen molar-refractivity contribution in [3.63, 3.8) is 0 Å². The number of nitrogens with two attached hydrogens (primary N) is 1. The molecule has 0 radical (unpaired) electrons. The lowest BCUT2D eigenvalue weighted by atomic mass is 10.2. The van der Waals surface area contributed by atoms with Gasteiger partial charge >= 0.3 is 0 Å². The second-order valence-corrected chi connectivity index (χ2v) is 4.55. The average Bonchev–Trinajstić information content (AvgIpc) is 3.06. The van der Waals surface area contributed by atoms with Gasteiger partial charge in [0.15, 0.2) is 18.1 Å². The van der Waals surface area contributed by atoms with Crippen molar-refractivity contribution in [3.05, 3.63) is 36.4 Å². The Hall–Kier alpha value is -3.43. The Kier molecular flexibility index (Phi) is 5.83. The first-order valence-electron chi connectivity index (χ1n) is 6.82. The van der Waals surface area contributed by atoms with Gasteiger partial charge in [0, 0.05) is 0 Å². The smallest absolute Gasteiger partial charge is 0.261 e. The second-order valence-electron chi connectivity index (χ2n) is 4.55. The van der Waals surface area contributed by atoms with Crippen molar-refractivity contribution >= 4 is 18.0 Å². The van der Waals surface area contributed by atoms with Crippen LogP contribution in [0.5, 0.6) is 11.5 Å². The number of hydrogen-bond donors (Lipinski definition) is 2. The van der Waals surface area contributed by atoms with Crippen LogP contribution in [0.15, 0.2) is 36.0 Å². The molecule has 3 N–H and O–H groups in total. The molecule has 2 amide bonds. The minimum absolute atomic E-state index is 0.0144. The molecule has 0 saturated carbocycles. The van der Waals surface area contributed by atoms with Crippen LogP contribution in [0, 0.1) is 0 Å². The monoisotopic (exact) mass is 332 g/mol. The van der Waals surface area contributed by atoms with E-state index in [1.807, 2.05) is 0 Å². The number of aromatic nitrogens is 3. The lowest BCUT2D eigenvalue weighted by molar-refractivity contribution is -0.122. The Morgan fingerprint density at radius 3 is 2.92 bits per heavy atom. The van der Waals surface area contributed by atoms with E-state index in [-0.39, 0.29) is 19.1 Å². The summed E-state index contributed by atoms with van der Waals surface area (Å²) in [5.74, 6) is -0.138. The zero-order valence-corrected chi connectivity index (χ0v) is 12.9. The van der Waals surface area contributed by atoms with E-state index >= 15 is 0 Å². The lowest BCUT2D eigenvalue weighted by Gasteiger charge is -2.09. The first-order chi connectivity index (χ1) is 11.6. The number of primary amides is 1. The van der Waals surface area contributed by atoms with Crippen LogP contribution in [0.4, 0.5) is 0 Å². The minimum atomic E-state index is -0.585. The molecule has 0 bridgehead atoms. The van der Waals surface area contributed by atoms with Crippen LogP contribution in [0.3, 0.4) is 0 Å². The number of carbonyl (C=O) groups excluding carboxylic acids is 2. The Morgan fingerprint density at radius 1 is 1.42 bits per heavy atom. The van der Waals surface area contributed by atoms with E-state index in [1.165, 1.54) is 30.7 Å². The molecule has 126 valence electrons. The Morgan fingerprint density at radius 2 is 2.25 bits per heavy atom. The second kappa shape index (κ2) is 8.27. The minimum Gasteiger partial charge on any atom is -0.493 e. The van der Waals surface area contributed by atoms with Gasteiger partial charge in [0.1, 0.15) is 19.2 Å². The standard InChI is InChI=1S/C14H16N6O4/c1-23-12-4-10(2-3-11(12)24-7-13(15)21)5-17-19-14(22)6-20-9-16-8-18-20/h2-5,8-9H,6-7H2,1H3,(H2,15,21)(H,19,22)/b17-5-. The maximum Gasteiger partial charge on any atom is 0.261 e. The largest absolute Gasteiger partial charge is 0.493 e. The molecule has 10 heteroatoms. The molecule has 0 unspecified atom stereocenters. The molecule has 1 aromatic heterocycles. The van der Waals surface area contributed by atoms with Crippen LogP contribution in [-0.2, 0) is 16.1 Å². The summed E-state index contributed by atoms with van der Waals surface area (Å²) in [6.45, 7) is -0.233. The summed E-state index contributed by atoms with van der Waals surface area (Å²) >= 11 is 0. The third-order valence-electron chi connectivity index (χ3n) is 2.73. The van der Waals surface area contributed by atoms with Crippen LogP contribution >= 0.6 is 0 Å². The molecule has 0 aliphatic rings. The molecule has 1 heterocycles. The van der Waals surface area contributed by atoms with E-state index in [4.69, 9.17) is 15.2 Å². The van der Waals surface area contributed by atoms with Crippen molar-refractivity contribution in [2.45, 2.75) is 6.54 Å². The maximum absolute atomic E-state index is 11.6. The fourth-order valence-corrected chi connectivity index (χ4v) is 1.71. The highest BCUT2D eigenvalue weighted by Crippen LogP contribution is 2.27. The topological polar surface area (TPSA) is 134 Å². The molecular formula is C14H16N6O4. The molecule has 0 spiro atoms. The number of methoxy groups -OCH3 is 1. The van der Waals surface area contributed by atoms with E-state index < -0.39 is 5.91 Å². The quantitative estimate of drug-likeness (QED) is 0.485. The molecule has 0 aliphatic heterocycles. The van der Waals surface area contributed by atoms with Gasteiger partial charge in [0.05, 0.1) is 13.3 Å². The van der Waals surface area contributed by atoms with Crippen LogP contribution in [0.25, 0.3) is 0 Å². The molecule has 2 aromatic rings. The highest BCUT2D eigenvalue weighted by atomic mass is 16.5. The molecule has 10 nitrogen and oxygen atoms in total. The number of ether oxygens (including phenoxy) is 2. The highest BCUT2D eigenvalue weighted by molar-refractivity contribution is 5.83. The van der Waals surface area contributed by atoms with Gasteiger partial charge in [0.2, 0.25) is 0 Å². The first kappa shape index (κ1) is 16.9. The van der Waals surface area contributed by atoms with Gasteiger partial charge in [-0.25, -0.2) is 15.1 Å². The van der Waals surface area contributed by atoms with Crippen molar-refractivity contribution in [3.8, 4) is 11.5 Å². The first-order valence-corrected chi connectivity index (χ1v) is 6.82. The van der Waals surface area contributed by atoms with E-state index in [1.54, 1.807) is 18.2 Å². The molecule has 0 fully saturated rings. The van der Waals surface area contributed by atoms with E-state index in [0.29, 0.717) is 17.1 Å². The molecule has 0 saturated heterocycles. The fraction of sp³-hybridized carbons (Fsp3) is 0.214. The van der Waals surface area contributed by atoms with Crippen molar-refractivity contribution in [1.29, 1.82) is 0 Å². The summed E-state index contributed by atoms with van der Waals surface area (Å²) < 4.78 is 11.8. The zero-order valence-electron chi connectivity index (χ0n) is 12.9. The summed E-state index contributed by atoms with van der Waals surface area (Å²) in [6, 6.07) is 4.94. The van der Waals surface area contributed by atoms with Gasteiger partial charge in [-0.1, -0.05) is 0 Å². The highest BCUT2D eigenvalue weighted by Gasteiger charge is 2.07. The van der Waals surface area contributed by atoms with Crippen molar-refractivity contribution in [2.24, 2.45) is 10.8 Å². The van der Waals surface area contributed by atoms with Gasteiger partial charge in [-0.15, -0.1) is 0 Å². The Labute approximate surface area is 137 Å². The number of benzene rings is 1. The zero-order chi connectivity index (χ0) is 17.4. The lowest BCUT2D eigenvalue weighted by Crippen LogP contribution is -2.23. The Bertz CT molecular complexity index is 729. The number of rotatable bonds is 8. The third kappa shape index (κ3) is 5.09. The van der Waals surface area contributed by atoms with Crippen molar-refractivity contribution < 1.29 is 19.1 Å². The van der Waals surface area contributed by atoms with E-state index in [0.717, 1.165) is 0 Å². The molecule has 2 rings (SSSR count). The predicted molar refractivity (Wildman–Crippen MR) is 83.4 cm³/mol. The number of hydrazone groups is 1. The number of hydrogen-bond acceptors (Lipinski definition) is 7. The third-order valence-corrected chi connectivity index (χ3v) is 2.73. The number of amides is 2. The molecule has 24 heavy (non-hydrogen) atoms. The average molecular weight is 332 g/mol. The molecule has 0 aliphatic carbocycles. The van der Waals surface area contributed by atoms with E-state index in [9.17, 15) is 9.59 Å². The summed E-state index contributed by atoms with van der Waals surface area (Å²) in [5, 5.41) is 7.66. The summed E-state index contributed by atoms with van der Waals surface area (Å²) in [6.07, 6.45) is 4.21. The summed E-state index contributed by atoms with van der Waals surface area (Å²) in [5.41, 5.74) is 8.06. The molecule has 0 atom stereocenters. The van der Waals surface area contributed by atoms with Crippen molar-refractivity contribution in [2.75, 3.05) is 13.7 Å². The molecule has 1 aromatic carbocycles. The molecular weight excluding hydrogens is 316 g/mol. The van der Waals surface area contributed by atoms with Gasteiger partial charge in [-0.3, -0.25) is 9.59 Å². The van der Waals surface area contributed by atoms with Crippen molar-refractivity contribution in [1.82, 2.24) is 20.2 Å². The van der Waals surface area contributed by atoms with Gasteiger partial charge in [-0.05, 0) is 23.8 Å². The van der Waals surface area contributed by atoms with Gasteiger partial charge in [-0.2, -0.15) is 10.2 Å². The van der Waals surface area contributed by atoms with Crippen LogP contribution in [0.1, 0.15) is 5.56 Å². The summed E-state index contributed by atoms with van der Waals surface area (Å²) in [4.78, 5) is 26.1. The SMILES string of the molecule is COc1cc(/C=N\NC(=O)Cn2cncn2)ccc1OCC(N)=O. The fourth-order valence-electron chi connectivity index (χ4n) is 1.71. The van der Waals surface area contributed by atoms with Crippen LogP contribution in [-0.4, -0.2) is 46.5 Å². The normalized spacial score (nSPS) is 10.5. The predicted octanol–water partition coefficient (Wildman–Crippen LogP) is -0.699. The number of nitrogens with zero attached hydrogens (tertiary/aromatic N) is 4. The number of nitrogens with one attached hydrogen (secondary N) is 1.